The van der Waals surface area contributed by atoms with E-state index in [2.05, 4.69) is 23.7 Å². The molecule has 8 heteroatoms. The SMILES string of the molecule is CCN(CC)c1nc2sc(C(=O)N(C)CC(=O)O)cc2s1. The van der Waals surface area contributed by atoms with Gasteiger partial charge >= 0.3 is 5.97 Å². The van der Waals surface area contributed by atoms with E-state index < -0.39 is 5.97 Å². The molecule has 0 aliphatic heterocycles. The first-order chi connectivity index (χ1) is 9.96. The molecule has 1 N–H and O–H groups in total. The van der Waals surface area contributed by atoms with E-state index >= 15 is 0 Å². The van der Waals surface area contributed by atoms with Gasteiger partial charge < -0.3 is 14.9 Å². The van der Waals surface area contributed by atoms with Gasteiger partial charge in [0.05, 0.1) is 9.58 Å². The minimum atomic E-state index is -1.02. The molecule has 0 bridgehead atoms. The number of carboxylic acids is 1. The molecule has 2 rings (SSSR count). The van der Waals surface area contributed by atoms with Gasteiger partial charge in [-0.15, -0.1) is 11.3 Å². The Balaban J connectivity index is 2.22. The molecule has 0 aromatic carbocycles. The Bertz CT molecular complexity index is 629. The molecular weight excluding hydrogens is 310 g/mol. The van der Waals surface area contributed by atoms with Crippen molar-refractivity contribution in [2.24, 2.45) is 0 Å². The zero-order chi connectivity index (χ0) is 15.6. The summed E-state index contributed by atoms with van der Waals surface area (Å²) in [6.45, 7) is 5.64. The van der Waals surface area contributed by atoms with E-state index in [0.29, 0.717) is 4.88 Å². The lowest BCUT2D eigenvalue weighted by atomic mass is 10.4. The summed E-state index contributed by atoms with van der Waals surface area (Å²) in [7, 11) is 1.49. The van der Waals surface area contributed by atoms with Crippen LogP contribution in [0, 0.1) is 0 Å². The number of thiazole rings is 1. The second kappa shape index (κ2) is 6.40. The third-order valence-corrected chi connectivity index (χ3v) is 5.25. The average Bonchev–Trinajstić information content (AvgIpc) is 2.96. The minimum absolute atomic E-state index is 0.281. The second-order valence-electron chi connectivity index (χ2n) is 4.50. The number of fused-ring (bicyclic) bond motifs is 1. The molecule has 2 aromatic rings. The first-order valence-electron chi connectivity index (χ1n) is 6.58. The number of nitrogens with zero attached hydrogens (tertiary/aromatic N) is 3. The summed E-state index contributed by atoms with van der Waals surface area (Å²) in [6.07, 6.45) is 0. The predicted molar refractivity (Wildman–Crippen MR) is 85.7 cm³/mol. The fourth-order valence-electron chi connectivity index (χ4n) is 1.92. The summed E-state index contributed by atoms with van der Waals surface area (Å²) in [5.74, 6) is -1.30. The Morgan fingerprint density at radius 2 is 1.95 bits per heavy atom. The predicted octanol–water partition coefficient (Wildman–Crippen LogP) is 2.36. The molecule has 0 aliphatic carbocycles. The van der Waals surface area contributed by atoms with Crippen molar-refractivity contribution in [2.45, 2.75) is 13.8 Å². The first kappa shape index (κ1) is 15.7. The van der Waals surface area contributed by atoms with Crippen LogP contribution in [0.5, 0.6) is 0 Å². The number of hydrogen-bond acceptors (Lipinski definition) is 6. The molecule has 21 heavy (non-hydrogen) atoms. The quantitative estimate of drug-likeness (QED) is 0.881. The van der Waals surface area contributed by atoms with E-state index in [1.165, 1.54) is 23.3 Å². The van der Waals surface area contributed by atoms with Crippen LogP contribution in [0.15, 0.2) is 6.07 Å². The highest BCUT2D eigenvalue weighted by Gasteiger charge is 2.19. The van der Waals surface area contributed by atoms with Crippen molar-refractivity contribution < 1.29 is 14.7 Å². The molecule has 2 aromatic heterocycles. The summed E-state index contributed by atoms with van der Waals surface area (Å²) in [5.41, 5.74) is 0. The molecule has 114 valence electrons. The van der Waals surface area contributed by atoms with Crippen LogP contribution < -0.4 is 4.90 Å². The third kappa shape index (κ3) is 3.33. The Morgan fingerprint density at radius 3 is 2.48 bits per heavy atom. The number of aromatic nitrogens is 1. The number of aliphatic carboxylic acids is 1. The van der Waals surface area contributed by atoms with Crippen molar-refractivity contribution in [3.8, 4) is 0 Å². The molecular formula is C13H17N3O3S2. The molecule has 0 fully saturated rings. The number of carboxylic acid groups (broad SMARTS) is 1. The lowest BCUT2D eigenvalue weighted by Gasteiger charge is -2.16. The molecule has 2 heterocycles. The monoisotopic (exact) mass is 327 g/mol. The maximum Gasteiger partial charge on any atom is 0.323 e. The topological polar surface area (TPSA) is 73.7 Å². The number of thiophene rings is 1. The third-order valence-electron chi connectivity index (χ3n) is 3.04. The van der Waals surface area contributed by atoms with Crippen LogP contribution in [0.4, 0.5) is 5.13 Å². The summed E-state index contributed by atoms with van der Waals surface area (Å²) in [5, 5.41) is 9.68. The molecule has 0 unspecified atom stereocenters. The number of hydrogen-bond donors (Lipinski definition) is 1. The minimum Gasteiger partial charge on any atom is -0.480 e. The molecule has 0 radical (unpaired) electrons. The standard InChI is InChI=1S/C13H17N3O3S2/c1-4-16(5-2)13-14-11-8(21-13)6-9(20-11)12(19)15(3)7-10(17)18/h6H,4-5,7H2,1-3H3,(H,17,18). The molecule has 6 nitrogen and oxygen atoms in total. The van der Waals surface area contributed by atoms with Gasteiger partial charge in [0, 0.05) is 20.1 Å². The van der Waals surface area contributed by atoms with Crippen molar-refractivity contribution in [1.82, 2.24) is 9.88 Å². The van der Waals surface area contributed by atoms with Crippen molar-refractivity contribution in [3.05, 3.63) is 10.9 Å². The molecule has 0 atom stereocenters. The summed E-state index contributed by atoms with van der Waals surface area (Å²) < 4.78 is 0.967. The van der Waals surface area contributed by atoms with Crippen LogP contribution >= 0.6 is 22.7 Å². The van der Waals surface area contributed by atoms with Crippen LogP contribution in [0.2, 0.25) is 0 Å². The van der Waals surface area contributed by atoms with Gasteiger partial charge in [-0.1, -0.05) is 11.3 Å². The van der Waals surface area contributed by atoms with Crippen LogP contribution in [0.1, 0.15) is 23.5 Å². The van der Waals surface area contributed by atoms with Crippen molar-refractivity contribution in [2.75, 3.05) is 31.6 Å². The van der Waals surface area contributed by atoms with Crippen LogP contribution in [0.25, 0.3) is 9.53 Å². The fourth-order valence-corrected chi connectivity index (χ4v) is 4.25. The first-order valence-corrected chi connectivity index (χ1v) is 8.22. The summed E-state index contributed by atoms with van der Waals surface area (Å²) in [6, 6.07) is 1.80. The van der Waals surface area contributed by atoms with Gasteiger partial charge in [0.15, 0.2) is 5.13 Å². The zero-order valence-electron chi connectivity index (χ0n) is 12.1. The average molecular weight is 327 g/mol. The number of anilines is 1. The van der Waals surface area contributed by atoms with Gasteiger partial charge in [0.2, 0.25) is 0 Å². The van der Waals surface area contributed by atoms with Gasteiger partial charge in [-0.3, -0.25) is 9.59 Å². The van der Waals surface area contributed by atoms with E-state index in [1.807, 2.05) is 0 Å². The summed E-state index contributed by atoms with van der Waals surface area (Å²) >= 11 is 2.87. The number of rotatable bonds is 6. The van der Waals surface area contributed by atoms with E-state index in [4.69, 9.17) is 5.11 Å². The number of carbonyl (C=O) groups excluding carboxylic acids is 1. The molecule has 0 saturated heterocycles. The number of amides is 1. The van der Waals surface area contributed by atoms with Gasteiger partial charge in [-0.05, 0) is 19.9 Å². The highest BCUT2D eigenvalue weighted by molar-refractivity contribution is 7.29. The van der Waals surface area contributed by atoms with Gasteiger partial charge in [0.1, 0.15) is 11.4 Å². The van der Waals surface area contributed by atoms with Crippen LogP contribution in [0.3, 0.4) is 0 Å². The maximum atomic E-state index is 12.1. The molecule has 0 saturated carbocycles. The molecule has 1 amide bonds. The lowest BCUT2D eigenvalue weighted by Crippen LogP contribution is -2.31. The normalized spacial score (nSPS) is 10.8. The number of carbonyl (C=O) groups is 2. The second-order valence-corrected chi connectivity index (χ2v) is 6.54. The Labute approximate surface area is 130 Å². The fraction of sp³-hybridized carbons (Fsp3) is 0.462. The van der Waals surface area contributed by atoms with Crippen LogP contribution in [-0.4, -0.2) is 53.5 Å². The Hall–Kier alpha value is -1.67. The lowest BCUT2D eigenvalue weighted by molar-refractivity contribution is -0.137. The van der Waals surface area contributed by atoms with Crippen LogP contribution in [-0.2, 0) is 4.79 Å². The van der Waals surface area contributed by atoms with E-state index in [0.717, 1.165) is 27.8 Å². The molecule has 0 spiro atoms. The molecule has 0 aliphatic rings. The van der Waals surface area contributed by atoms with E-state index in [-0.39, 0.29) is 12.5 Å². The Kier molecular flexibility index (Phi) is 4.79. The highest BCUT2D eigenvalue weighted by atomic mass is 32.1. The van der Waals surface area contributed by atoms with Gasteiger partial charge in [-0.2, -0.15) is 0 Å². The summed E-state index contributed by atoms with van der Waals surface area (Å²) in [4.78, 5) is 32.0. The van der Waals surface area contributed by atoms with Crippen molar-refractivity contribution in [1.29, 1.82) is 0 Å². The Morgan fingerprint density at radius 1 is 1.29 bits per heavy atom. The zero-order valence-corrected chi connectivity index (χ0v) is 13.8. The van der Waals surface area contributed by atoms with Crippen molar-refractivity contribution >= 4 is 49.2 Å². The van der Waals surface area contributed by atoms with Crippen molar-refractivity contribution in [3.63, 3.8) is 0 Å². The van der Waals surface area contributed by atoms with Gasteiger partial charge in [-0.25, -0.2) is 4.98 Å². The van der Waals surface area contributed by atoms with Gasteiger partial charge in [0.25, 0.3) is 5.91 Å². The maximum absolute atomic E-state index is 12.1. The van der Waals surface area contributed by atoms with E-state index in [1.54, 1.807) is 17.4 Å². The number of likely N-dealkylation sites (N-methyl/N-ethyl adjacent to an activating group) is 1. The smallest absolute Gasteiger partial charge is 0.323 e. The van der Waals surface area contributed by atoms with E-state index in [9.17, 15) is 9.59 Å². The largest absolute Gasteiger partial charge is 0.480 e. The highest BCUT2D eigenvalue weighted by Crippen LogP contribution is 2.34.